The topological polar surface area (TPSA) is 91.0 Å². The van der Waals surface area contributed by atoms with Gasteiger partial charge in [-0.1, -0.05) is 32.9 Å². The van der Waals surface area contributed by atoms with E-state index in [1.807, 2.05) is 40.0 Å². The van der Waals surface area contributed by atoms with E-state index in [1.165, 1.54) is 0 Å². The highest BCUT2D eigenvalue weighted by atomic mass is 16.2. The van der Waals surface area contributed by atoms with E-state index in [0.29, 0.717) is 23.6 Å². The number of Topliss-reactive ketones (excluding diaryl/α,β-unsaturated/α-hetero) is 1. The average Bonchev–Trinajstić information content (AvgIpc) is 2.97. The minimum absolute atomic E-state index is 0.106. The molecule has 1 aromatic carbocycles. The average molecular weight is 422 g/mol. The van der Waals surface area contributed by atoms with Crippen molar-refractivity contribution in [2.75, 3.05) is 20.6 Å². The van der Waals surface area contributed by atoms with Crippen LogP contribution in [-0.4, -0.2) is 46.8 Å². The molecule has 0 unspecified atom stereocenters. The summed E-state index contributed by atoms with van der Waals surface area (Å²) in [5, 5.41) is 12.0. The number of nitrogens with zero attached hydrogens (tertiary/aromatic N) is 4. The first-order valence-electron chi connectivity index (χ1n) is 10.7. The van der Waals surface area contributed by atoms with Crippen molar-refractivity contribution < 1.29 is 9.59 Å². The van der Waals surface area contributed by atoms with Crippen molar-refractivity contribution in [2.24, 2.45) is 11.3 Å². The van der Waals surface area contributed by atoms with Crippen molar-refractivity contribution in [3.8, 4) is 17.5 Å². The van der Waals surface area contributed by atoms with Crippen molar-refractivity contribution in [3.05, 3.63) is 41.2 Å². The quantitative estimate of drug-likeness (QED) is 0.749. The molecule has 1 atom stereocenters. The van der Waals surface area contributed by atoms with E-state index in [0.717, 1.165) is 30.8 Å². The zero-order chi connectivity index (χ0) is 22.8. The first-order chi connectivity index (χ1) is 14.7. The van der Waals surface area contributed by atoms with E-state index in [9.17, 15) is 14.9 Å². The number of carbonyl (C=O) groups excluding carboxylic acids is 2. The van der Waals surface area contributed by atoms with Gasteiger partial charge >= 0.3 is 0 Å². The minimum Gasteiger partial charge on any atom is -0.359 e. The molecule has 7 nitrogen and oxygen atoms in total. The van der Waals surface area contributed by atoms with Gasteiger partial charge in [-0.3, -0.25) is 9.59 Å². The monoisotopic (exact) mass is 421 g/mol. The minimum atomic E-state index is -0.448. The van der Waals surface area contributed by atoms with Gasteiger partial charge in [-0.25, -0.2) is 4.98 Å². The Labute approximate surface area is 184 Å². The first-order valence-corrected chi connectivity index (χ1v) is 10.7. The Bertz CT molecular complexity index is 1030. The largest absolute Gasteiger partial charge is 0.359 e. The number of nitriles is 1. The highest BCUT2D eigenvalue weighted by Gasteiger charge is 2.35. The molecular formula is C24H31N5O2. The number of nitrogens with one attached hydrogen (secondary N) is 1. The Morgan fingerprint density at radius 3 is 2.68 bits per heavy atom. The lowest BCUT2D eigenvalue weighted by Crippen LogP contribution is -2.37. The molecule has 1 N–H and O–H groups in total. The van der Waals surface area contributed by atoms with Crippen molar-refractivity contribution in [2.45, 2.75) is 46.7 Å². The Kier molecular flexibility index (Phi) is 6.61. The van der Waals surface area contributed by atoms with Crippen LogP contribution in [0.15, 0.2) is 24.3 Å². The molecule has 2 heterocycles. The number of rotatable bonds is 5. The second-order valence-electron chi connectivity index (χ2n) is 9.33. The molecule has 1 amide bonds. The molecule has 3 rings (SSSR count). The lowest BCUT2D eigenvalue weighted by Gasteiger charge is -2.28. The summed E-state index contributed by atoms with van der Waals surface area (Å²) in [6.07, 6.45) is 1.05. The van der Waals surface area contributed by atoms with Gasteiger partial charge in [-0.2, -0.15) is 5.26 Å². The van der Waals surface area contributed by atoms with E-state index >= 15 is 0 Å². The number of hydrogen-bond acceptors (Lipinski definition) is 5. The fraction of sp³-hybridized carbons (Fsp3) is 0.500. The number of amides is 1. The summed E-state index contributed by atoms with van der Waals surface area (Å²) in [7, 11) is 3.64. The Morgan fingerprint density at radius 2 is 2.03 bits per heavy atom. The number of ketones is 1. The smallest absolute Gasteiger partial charge is 0.223 e. The van der Waals surface area contributed by atoms with Crippen molar-refractivity contribution in [1.29, 1.82) is 5.26 Å². The van der Waals surface area contributed by atoms with E-state index in [1.54, 1.807) is 19.2 Å². The number of carbonyl (C=O) groups is 2. The van der Waals surface area contributed by atoms with Crippen LogP contribution in [0.2, 0.25) is 0 Å². The van der Waals surface area contributed by atoms with Crippen molar-refractivity contribution >= 4 is 11.7 Å². The van der Waals surface area contributed by atoms with Gasteiger partial charge in [0.1, 0.15) is 11.5 Å². The lowest BCUT2D eigenvalue weighted by atomic mass is 9.77. The molecular weight excluding hydrogens is 390 g/mol. The third-order valence-corrected chi connectivity index (χ3v) is 5.93. The first kappa shape index (κ1) is 22.7. The number of aromatic nitrogens is 2. The number of fused-ring (bicyclic) bond motifs is 1. The van der Waals surface area contributed by atoms with Gasteiger partial charge in [0.25, 0.3) is 0 Å². The summed E-state index contributed by atoms with van der Waals surface area (Å²) < 4.78 is 2.11. The predicted molar refractivity (Wildman–Crippen MR) is 119 cm³/mol. The predicted octanol–water partition coefficient (Wildman–Crippen LogP) is 3.24. The Morgan fingerprint density at radius 1 is 1.29 bits per heavy atom. The highest BCUT2D eigenvalue weighted by molar-refractivity contribution is 5.98. The summed E-state index contributed by atoms with van der Waals surface area (Å²) >= 11 is 0. The van der Waals surface area contributed by atoms with E-state index < -0.39 is 5.92 Å². The Hall–Kier alpha value is -2.98. The molecule has 1 aromatic heterocycles. The maximum atomic E-state index is 13.5. The number of imidazole rings is 1. The lowest BCUT2D eigenvalue weighted by molar-refractivity contribution is -0.127. The van der Waals surface area contributed by atoms with Gasteiger partial charge in [-0.05, 0) is 37.6 Å². The number of hydrogen-bond donors (Lipinski definition) is 1. The summed E-state index contributed by atoms with van der Waals surface area (Å²) in [4.78, 5) is 32.9. The standard InChI is InChI=1S/C24H31N5O2/c1-24(2,3)18(23(31)26-4)13-20(30)21-19-15-28(5)10-7-11-29(19)22(27-21)17-9-6-8-16(12-17)14-25/h6,8-9,12,18H,7,10-11,13,15H2,1-5H3,(H,26,31)/t18-/m1/s1. The van der Waals surface area contributed by atoms with Crippen LogP contribution in [0.3, 0.4) is 0 Å². The van der Waals surface area contributed by atoms with E-state index in [2.05, 4.69) is 20.9 Å². The zero-order valence-electron chi connectivity index (χ0n) is 19.0. The van der Waals surface area contributed by atoms with Gasteiger partial charge < -0.3 is 14.8 Å². The molecule has 0 fully saturated rings. The summed E-state index contributed by atoms with van der Waals surface area (Å²) in [6.45, 7) is 8.22. The summed E-state index contributed by atoms with van der Waals surface area (Å²) in [6, 6.07) is 9.49. The van der Waals surface area contributed by atoms with Crippen LogP contribution >= 0.6 is 0 Å². The number of benzene rings is 1. The second kappa shape index (κ2) is 9.03. The zero-order valence-corrected chi connectivity index (χ0v) is 19.0. The molecule has 1 aliphatic heterocycles. The normalized spacial score (nSPS) is 15.5. The summed E-state index contributed by atoms with van der Waals surface area (Å²) in [5.41, 5.74) is 2.34. The van der Waals surface area contributed by atoms with Gasteiger partial charge in [-0.15, -0.1) is 0 Å². The third kappa shape index (κ3) is 4.86. The fourth-order valence-electron chi connectivity index (χ4n) is 4.14. The van der Waals surface area contributed by atoms with Crippen molar-refractivity contribution in [3.63, 3.8) is 0 Å². The van der Waals surface area contributed by atoms with Crippen molar-refractivity contribution in [1.82, 2.24) is 19.8 Å². The molecule has 2 aromatic rings. The fourth-order valence-corrected chi connectivity index (χ4v) is 4.14. The molecule has 0 radical (unpaired) electrons. The maximum absolute atomic E-state index is 13.5. The van der Waals surface area contributed by atoms with Gasteiger partial charge in [0, 0.05) is 32.1 Å². The molecule has 31 heavy (non-hydrogen) atoms. The van der Waals surface area contributed by atoms with Gasteiger partial charge in [0.05, 0.1) is 23.2 Å². The SMILES string of the molecule is CNC(=O)[C@@H](CC(=O)c1nc(-c2cccc(C#N)c2)n2c1CN(C)CCC2)C(C)(C)C. The molecule has 0 saturated carbocycles. The molecule has 0 spiro atoms. The molecule has 7 heteroatoms. The van der Waals surface area contributed by atoms with Crippen LogP contribution in [0.25, 0.3) is 11.4 Å². The van der Waals surface area contributed by atoms with E-state index in [4.69, 9.17) is 4.98 Å². The molecule has 1 aliphatic rings. The molecule has 0 aliphatic carbocycles. The Balaban J connectivity index is 2.07. The van der Waals surface area contributed by atoms with Gasteiger partial charge in [0.2, 0.25) is 5.91 Å². The van der Waals surface area contributed by atoms with Crippen LogP contribution in [0.5, 0.6) is 0 Å². The van der Waals surface area contributed by atoms with Crippen LogP contribution in [0.4, 0.5) is 0 Å². The maximum Gasteiger partial charge on any atom is 0.223 e. The molecule has 164 valence electrons. The third-order valence-electron chi connectivity index (χ3n) is 5.93. The second-order valence-corrected chi connectivity index (χ2v) is 9.33. The van der Waals surface area contributed by atoms with Crippen LogP contribution in [-0.2, 0) is 17.9 Å². The molecule has 0 saturated heterocycles. The molecule has 0 bridgehead atoms. The highest BCUT2D eigenvalue weighted by Crippen LogP contribution is 2.32. The van der Waals surface area contributed by atoms with Crippen LogP contribution in [0, 0.1) is 22.7 Å². The van der Waals surface area contributed by atoms with Crippen LogP contribution < -0.4 is 5.32 Å². The van der Waals surface area contributed by atoms with Crippen LogP contribution in [0.1, 0.15) is 55.4 Å². The van der Waals surface area contributed by atoms with E-state index in [-0.39, 0.29) is 23.5 Å². The van der Waals surface area contributed by atoms with Gasteiger partial charge in [0.15, 0.2) is 5.78 Å². The summed E-state index contributed by atoms with van der Waals surface area (Å²) in [5.74, 6) is 0.00435.